The fourth-order valence-electron chi connectivity index (χ4n) is 3.62. The van der Waals surface area contributed by atoms with Crippen LogP contribution in [0, 0.1) is 0 Å². The third-order valence-electron chi connectivity index (χ3n) is 4.93. The normalized spacial score (nSPS) is 24.3. The van der Waals surface area contributed by atoms with E-state index in [-0.39, 0.29) is 5.91 Å². The standard InChI is InChI=1S/C19H20N2O3/c1-19(2)17(22)16(14-8-7-12(20)9-15(14)24-19)21-10-11-5-3-4-6-13(11)18(21)23/h3-9,16-17,22H,10,20H2,1-2H3. The van der Waals surface area contributed by atoms with Gasteiger partial charge in [-0.1, -0.05) is 24.3 Å². The first-order chi connectivity index (χ1) is 11.4. The number of rotatable bonds is 1. The highest BCUT2D eigenvalue weighted by molar-refractivity contribution is 5.98. The van der Waals surface area contributed by atoms with Gasteiger partial charge in [-0.15, -0.1) is 0 Å². The average molecular weight is 324 g/mol. The molecule has 0 aliphatic carbocycles. The second-order valence-electron chi connectivity index (χ2n) is 6.98. The summed E-state index contributed by atoms with van der Waals surface area (Å²) in [5, 5.41) is 10.9. The van der Waals surface area contributed by atoms with Crippen molar-refractivity contribution in [2.24, 2.45) is 0 Å². The lowest BCUT2D eigenvalue weighted by atomic mass is 9.85. The first kappa shape index (κ1) is 15.0. The summed E-state index contributed by atoms with van der Waals surface area (Å²) in [4.78, 5) is 14.6. The molecule has 0 radical (unpaired) electrons. The minimum Gasteiger partial charge on any atom is -0.485 e. The summed E-state index contributed by atoms with van der Waals surface area (Å²) < 4.78 is 5.95. The van der Waals surface area contributed by atoms with Gasteiger partial charge in [0, 0.05) is 29.4 Å². The first-order valence-electron chi connectivity index (χ1n) is 8.04. The molecule has 24 heavy (non-hydrogen) atoms. The number of nitrogens with two attached hydrogens (primary N) is 1. The van der Waals surface area contributed by atoms with Crippen LogP contribution in [0.4, 0.5) is 5.69 Å². The van der Waals surface area contributed by atoms with Gasteiger partial charge in [0.2, 0.25) is 0 Å². The number of fused-ring (bicyclic) bond motifs is 2. The zero-order valence-corrected chi connectivity index (χ0v) is 13.7. The van der Waals surface area contributed by atoms with E-state index >= 15 is 0 Å². The Bertz CT molecular complexity index is 831. The van der Waals surface area contributed by atoms with Crippen LogP contribution < -0.4 is 10.5 Å². The number of aliphatic hydroxyl groups is 1. The van der Waals surface area contributed by atoms with Gasteiger partial charge in [0.25, 0.3) is 5.91 Å². The number of carbonyl (C=O) groups is 1. The van der Waals surface area contributed by atoms with Crippen molar-refractivity contribution in [1.82, 2.24) is 4.90 Å². The Labute approximate surface area is 140 Å². The van der Waals surface area contributed by atoms with E-state index < -0.39 is 17.7 Å². The molecule has 2 aromatic carbocycles. The van der Waals surface area contributed by atoms with Crippen LogP contribution in [0.15, 0.2) is 42.5 Å². The van der Waals surface area contributed by atoms with E-state index in [2.05, 4.69) is 0 Å². The van der Waals surface area contributed by atoms with Crippen LogP contribution in [0.5, 0.6) is 5.75 Å². The van der Waals surface area contributed by atoms with E-state index in [0.29, 0.717) is 23.5 Å². The van der Waals surface area contributed by atoms with Gasteiger partial charge in [-0.2, -0.15) is 0 Å². The number of benzene rings is 2. The minimum absolute atomic E-state index is 0.0601. The van der Waals surface area contributed by atoms with Crippen LogP contribution >= 0.6 is 0 Å². The summed E-state index contributed by atoms with van der Waals surface area (Å²) in [5.74, 6) is 0.564. The molecular weight excluding hydrogens is 304 g/mol. The van der Waals surface area contributed by atoms with Crippen molar-refractivity contribution in [3.8, 4) is 5.75 Å². The number of hydrogen-bond donors (Lipinski definition) is 2. The molecule has 2 unspecified atom stereocenters. The largest absolute Gasteiger partial charge is 0.485 e. The van der Waals surface area contributed by atoms with Gasteiger partial charge < -0.3 is 20.5 Å². The molecular formula is C19H20N2O3. The van der Waals surface area contributed by atoms with Crippen molar-refractivity contribution in [1.29, 1.82) is 0 Å². The Balaban J connectivity index is 1.82. The molecule has 2 heterocycles. The molecule has 5 heteroatoms. The molecule has 0 saturated heterocycles. The number of nitrogens with zero attached hydrogens (tertiary/aromatic N) is 1. The maximum atomic E-state index is 12.9. The molecule has 0 aromatic heterocycles. The number of amides is 1. The number of anilines is 1. The topological polar surface area (TPSA) is 75.8 Å². The van der Waals surface area contributed by atoms with Gasteiger partial charge in [-0.25, -0.2) is 0 Å². The SMILES string of the molecule is CC1(C)Oc2cc(N)ccc2C(N2Cc3ccccc3C2=O)C1O. The summed E-state index contributed by atoms with van der Waals surface area (Å²) in [7, 11) is 0. The Hall–Kier alpha value is -2.53. The van der Waals surface area contributed by atoms with E-state index in [0.717, 1.165) is 11.1 Å². The van der Waals surface area contributed by atoms with Gasteiger partial charge in [-0.05, 0) is 31.5 Å². The summed E-state index contributed by atoms with van der Waals surface area (Å²) in [6.07, 6.45) is -0.841. The van der Waals surface area contributed by atoms with Crippen molar-refractivity contribution in [2.45, 2.75) is 38.1 Å². The quantitative estimate of drug-likeness (QED) is 0.790. The Morgan fingerprint density at radius 3 is 2.75 bits per heavy atom. The molecule has 0 fully saturated rings. The molecule has 1 amide bonds. The highest BCUT2D eigenvalue weighted by atomic mass is 16.5. The lowest BCUT2D eigenvalue weighted by Crippen LogP contribution is -2.53. The molecule has 0 spiro atoms. The lowest BCUT2D eigenvalue weighted by Gasteiger charge is -2.45. The van der Waals surface area contributed by atoms with E-state index in [1.54, 1.807) is 17.0 Å². The molecule has 3 N–H and O–H groups in total. The van der Waals surface area contributed by atoms with Crippen LogP contribution in [0.25, 0.3) is 0 Å². The smallest absolute Gasteiger partial charge is 0.255 e. The number of nitrogen functional groups attached to an aromatic ring is 1. The van der Waals surface area contributed by atoms with Gasteiger partial charge in [0.1, 0.15) is 17.5 Å². The van der Waals surface area contributed by atoms with Crippen molar-refractivity contribution < 1.29 is 14.6 Å². The van der Waals surface area contributed by atoms with E-state index in [1.807, 2.05) is 44.2 Å². The summed E-state index contributed by atoms with van der Waals surface area (Å²) in [6.45, 7) is 4.13. The maximum Gasteiger partial charge on any atom is 0.255 e. The van der Waals surface area contributed by atoms with Gasteiger partial charge in [0.15, 0.2) is 0 Å². The molecule has 0 bridgehead atoms. The van der Waals surface area contributed by atoms with Gasteiger partial charge in [0.05, 0.1) is 6.04 Å². The lowest BCUT2D eigenvalue weighted by molar-refractivity contribution is -0.0867. The molecule has 2 aliphatic rings. The zero-order valence-electron chi connectivity index (χ0n) is 13.7. The number of aliphatic hydroxyl groups excluding tert-OH is 1. The molecule has 4 rings (SSSR count). The highest BCUT2D eigenvalue weighted by Gasteiger charge is 2.48. The number of hydrogen-bond acceptors (Lipinski definition) is 4. The van der Waals surface area contributed by atoms with E-state index in [4.69, 9.17) is 10.5 Å². The zero-order chi connectivity index (χ0) is 17.1. The number of ether oxygens (including phenoxy) is 1. The summed E-state index contributed by atoms with van der Waals surface area (Å²) >= 11 is 0. The van der Waals surface area contributed by atoms with Crippen LogP contribution in [0.3, 0.4) is 0 Å². The van der Waals surface area contributed by atoms with E-state index in [9.17, 15) is 9.90 Å². The van der Waals surface area contributed by atoms with Crippen molar-refractivity contribution in [2.75, 3.05) is 5.73 Å². The van der Waals surface area contributed by atoms with Crippen LogP contribution in [0.1, 0.15) is 41.4 Å². The monoisotopic (exact) mass is 324 g/mol. The fourth-order valence-corrected chi connectivity index (χ4v) is 3.62. The molecule has 2 aromatic rings. The van der Waals surface area contributed by atoms with E-state index in [1.165, 1.54) is 0 Å². The maximum absolute atomic E-state index is 12.9. The average Bonchev–Trinajstić information content (AvgIpc) is 2.86. The first-order valence-corrected chi connectivity index (χ1v) is 8.04. The molecule has 2 aliphatic heterocycles. The summed E-state index contributed by atoms with van der Waals surface area (Å²) in [5.41, 5.74) is 8.12. The predicted molar refractivity (Wildman–Crippen MR) is 90.6 cm³/mol. The molecule has 0 saturated carbocycles. The Kier molecular flexibility index (Phi) is 3.12. The number of carbonyl (C=O) groups excluding carboxylic acids is 1. The Morgan fingerprint density at radius 1 is 1.25 bits per heavy atom. The van der Waals surface area contributed by atoms with Crippen molar-refractivity contribution in [3.05, 3.63) is 59.2 Å². The molecule has 124 valence electrons. The molecule has 2 atom stereocenters. The molecule has 5 nitrogen and oxygen atoms in total. The van der Waals surface area contributed by atoms with Gasteiger partial charge >= 0.3 is 0 Å². The van der Waals surface area contributed by atoms with Crippen LogP contribution in [-0.4, -0.2) is 27.6 Å². The third kappa shape index (κ3) is 2.08. The van der Waals surface area contributed by atoms with Crippen molar-refractivity contribution >= 4 is 11.6 Å². The predicted octanol–water partition coefficient (Wildman–Crippen LogP) is 2.50. The fraction of sp³-hybridized carbons (Fsp3) is 0.316. The Morgan fingerprint density at radius 2 is 2.00 bits per heavy atom. The summed E-state index contributed by atoms with van der Waals surface area (Å²) in [6, 6.07) is 12.5. The third-order valence-corrected chi connectivity index (χ3v) is 4.93. The van der Waals surface area contributed by atoms with Crippen LogP contribution in [-0.2, 0) is 6.54 Å². The second-order valence-corrected chi connectivity index (χ2v) is 6.98. The van der Waals surface area contributed by atoms with Gasteiger partial charge in [-0.3, -0.25) is 4.79 Å². The highest BCUT2D eigenvalue weighted by Crippen LogP contribution is 2.45. The van der Waals surface area contributed by atoms with Crippen molar-refractivity contribution in [3.63, 3.8) is 0 Å². The minimum atomic E-state index is -0.841. The van der Waals surface area contributed by atoms with Crippen LogP contribution in [0.2, 0.25) is 0 Å². The second kappa shape index (κ2) is 4.98.